The van der Waals surface area contributed by atoms with Gasteiger partial charge in [0.25, 0.3) is 0 Å². The summed E-state index contributed by atoms with van der Waals surface area (Å²) in [5, 5.41) is 0. The zero-order valence-electron chi connectivity index (χ0n) is 10.3. The summed E-state index contributed by atoms with van der Waals surface area (Å²) in [7, 11) is 0. The summed E-state index contributed by atoms with van der Waals surface area (Å²) in [4.78, 5) is 0. The van der Waals surface area contributed by atoms with E-state index in [1.165, 1.54) is 25.7 Å². The molecule has 1 unspecified atom stereocenters. The predicted octanol–water partition coefficient (Wildman–Crippen LogP) is 3.58. The lowest BCUT2D eigenvalue weighted by Crippen LogP contribution is -2.12. The van der Waals surface area contributed by atoms with Gasteiger partial charge in [0.15, 0.2) is 0 Å². The molecule has 1 aliphatic rings. The molecule has 0 radical (unpaired) electrons. The number of benzene rings is 1. The number of hydrogen-bond acceptors (Lipinski definition) is 2. The number of hydrogen-bond donors (Lipinski definition) is 1. The van der Waals surface area contributed by atoms with Crippen molar-refractivity contribution >= 4 is 0 Å². The highest BCUT2D eigenvalue weighted by Crippen LogP contribution is 2.26. The van der Waals surface area contributed by atoms with Gasteiger partial charge in [-0.25, -0.2) is 0 Å². The van der Waals surface area contributed by atoms with Crippen molar-refractivity contribution in [3.63, 3.8) is 0 Å². The molecule has 92 valence electrons. The Kier molecular flexibility index (Phi) is 4.21. The number of rotatable bonds is 5. The third-order valence-corrected chi connectivity index (χ3v) is 3.31. The van der Waals surface area contributed by atoms with Crippen LogP contribution >= 0.6 is 0 Å². The van der Waals surface area contributed by atoms with Crippen LogP contribution in [0.5, 0.6) is 5.75 Å². The van der Waals surface area contributed by atoms with Crippen LogP contribution in [-0.2, 0) is 0 Å². The van der Waals surface area contributed by atoms with Gasteiger partial charge in [0.1, 0.15) is 5.75 Å². The van der Waals surface area contributed by atoms with Gasteiger partial charge in [-0.2, -0.15) is 0 Å². The van der Waals surface area contributed by atoms with Crippen LogP contribution in [0.25, 0.3) is 0 Å². The lowest BCUT2D eigenvalue weighted by molar-refractivity contribution is 0.210. The fraction of sp³-hybridized carbons (Fsp3) is 0.467. The van der Waals surface area contributed by atoms with Gasteiger partial charge in [0.2, 0.25) is 0 Å². The molecule has 0 spiro atoms. The smallest absolute Gasteiger partial charge is 0.120 e. The molecule has 1 fully saturated rings. The molecule has 1 saturated carbocycles. The van der Waals surface area contributed by atoms with Crippen LogP contribution in [0.1, 0.15) is 43.7 Å². The first kappa shape index (κ1) is 12.2. The Morgan fingerprint density at radius 2 is 2.18 bits per heavy atom. The molecule has 0 heterocycles. The van der Waals surface area contributed by atoms with E-state index < -0.39 is 0 Å². The first-order valence-corrected chi connectivity index (χ1v) is 6.42. The molecule has 0 amide bonds. The zero-order valence-corrected chi connectivity index (χ0v) is 10.3. The largest absolute Gasteiger partial charge is 0.490 e. The van der Waals surface area contributed by atoms with E-state index in [9.17, 15) is 0 Å². The monoisotopic (exact) mass is 231 g/mol. The maximum Gasteiger partial charge on any atom is 0.120 e. The van der Waals surface area contributed by atoms with E-state index in [2.05, 4.69) is 18.7 Å². The molecule has 1 atom stereocenters. The summed E-state index contributed by atoms with van der Waals surface area (Å²) in [6.07, 6.45) is 8.01. The third-order valence-electron chi connectivity index (χ3n) is 3.31. The molecule has 0 aliphatic heterocycles. The van der Waals surface area contributed by atoms with Gasteiger partial charge in [0.05, 0.1) is 6.10 Å². The van der Waals surface area contributed by atoms with Crippen molar-refractivity contribution in [2.75, 3.05) is 0 Å². The van der Waals surface area contributed by atoms with Crippen LogP contribution < -0.4 is 10.5 Å². The topological polar surface area (TPSA) is 35.2 Å². The molecule has 1 aromatic rings. The van der Waals surface area contributed by atoms with Gasteiger partial charge in [-0.15, -0.1) is 6.58 Å². The van der Waals surface area contributed by atoms with Crippen LogP contribution in [0.3, 0.4) is 0 Å². The summed E-state index contributed by atoms with van der Waals surface area (Å²) < 4.78 is 5.96. The van der Waals surface area contributed by atoms with Crippen molar-refractivity contribution in [3.05, 3.63) is 42.5 Å². The second-order valence-corrected chi connectivity index (χ2v) is 4.73. The predicted molar refractivity (Wildman–Crippen MR) is 71.1 cm³/mol. The second-order valence-electron chi connectivity index (χ2n) is 4.73. The van der Waals surface area contributed by atoms with E-state index in [0.29, 0.717) is 6.10 Å². The first-order chi connectivity index (χ1) is 8.29. The molecule has 0 bridgehead atoms. The summed E-state index contributed by atoms with van der Waals surface area (Å²) in [5.74, 6) is 0.953. The van der Waals surface area contributed by atoms with Crippen molar-refractivity contribution in [2.24, 2.45) is 5.73 Å². The lowest BCUT2D eigenvalue weighted by Gasteiger charge is -2.15. The van der Waals surface area contributed by atoms with E-state index >= 15 is 0 Å². The van der Waals surface area contributed by atoms with Crippen molar-refractivity contribution in [3.8, 4) is 5.75 Å². The van der Waals surface area contributed by atoms with Gasteiger partial charge in [-0.3, -0.25) is 0 Å². The highest BCUT2D eigenvalue weighted by Gasteiger charge is 2.16. The molecule has 1 aromatic carbocycles. The van der Waals surface area contributed by atoms with Gasteiger partial charge in [-0.1, -0.05) is 18.2 Å². The summed E-state index contributed by atoms with van der Waals surface area (Å²) in [6.45, 7) is 3.72. The van der Waals surface area contributed by atoms with Crippen LogP contribution in [0, 0.1) is 0 Å². The Balaban J connectivity index is 2.02. The Hall–Kier alpha value is -1.28. The Morgan fingerprint density at radius 3 is 2.88 bits per heavy atom. The minimum atomic E-state index is 0.0274. The number of ether oxygens (including phenoxy) is 1. The van der Waals surface area contributed by atoms with E-state index in [4.69, 9.17) is 10.5 Å². The quantitative estimate of drug-likeness (QED) is 0.786. The summed E-state index contributed by atoms with van der Waals surface area (Å²) in [5.41, 5.74) is 7.18. The normalized spacial score (nSPS) is 17.9. The highest BCUT2D eigenvalue weighted by molar-refractivity contribution is 5.31. The molecule has 2 rings (SSSR count). The molecular weight excluding hydrogens is 210 g/mol. The fourth-order valence-electron chi connectivity index (χ4n) is 2.33. The van der Waals surface area contributed by atoms with Crippen LogP contribution in [0.4, 0.5) is 0 Å². The average molecular weight is 231 g/mol. The minimum Gasteiger partial charge on any atom is -0.490 e. The van der Waals surface area contributed by atoms with E-state index in [-0.39, 0.29) is 6.04 Å². The van der Waals surface area contributed by atoms with Gasteiger partial charge < -0.3 is 10.5 Å². The van der Waals surface area contributed by atoms with Crippen LogP contribution in [0.15, 0.2) is 36.9 Å². The van der Waals surface area contributed by atoms with E-state index in [1.54, 1.807) is 0 Å². The average Bonchev–Trinajstić information content (AvgIpc) is 2.82. The van der Waals surface area contributed by atoms with Crippen molar-refractivity contribution in [1.29, 1.82) is 0 Å². The summed E-state index contributed by atoms with van der Waals surface area (Å²) in [6, 6.07) is 8.17. The zero-order chi connectivity index (χ0) is 12.1. The first-order valence-electron chi connectivity index (χ1n) is 6.42. The Labute approximate surface area is 103 Å². The molecule has 2 N–H and O–H groups in total. The van der Waals surface area contributed by atoms with E-state index in [1.807, 2.05) is 18.2 Å². The van der Waals surface area contributed by atoms with Crippen molar-refractivity contribution < 1.29 is 4.74 Å². The van der Waals surface area contributed by atoms with Crippen LogP contribution in [0.2, 0.25) is 0 Å². The molecule has 2 nitrogen and oxygen atoms in total. The van der Waals surface area contributed by atoms with Gasteiger partial charge >= 0.3 is 0 Å². The SMILES string of the molecule is C=CCC(N)c1cccc(OC2CCCC2)c1. The van der Waals surface area contributed by atoms with Crippen molar-refractivity contribution in [1.82, 2.24) is 0 Å². The molecule has 2 heteroatoms. The van der Waals surface area contributed by atoms with Gasteiger partial charge in [-0.05, 0) is 49.8 Å². The number of nitrogens with two attached hydrogens (primary N) is 1. The van der Waals surface area contributed by atoms with Gasteiger partial charge in [0, 0.05) is 6.04 Å². The molecular formula is C15H21NO. The molecule has 17 heavy (non-hydrogen) atoms. The third kappa shape index (κ3) is 3.34. The van der Waals surface area contributed by atoms with Crippen LogP contribution in [-0.4, -0.2) is 6.10 Å². The maximum absolute atomic E-state index is 6.06. The standard InChI is InChI=1S/C15H21NO/c1-2-6-15(16)12-7-5-10-14(11-12)17-13-8-3-4-9-13/h2,5,7,10-11,13,15H,1,3-4,6,8-9,16H2. The van der Waals surface area contributed by atoms with E-state index in [0.717, 1.165) is 17.7 Å². The Bertz CT molecular complexity index is 369. The maximum atomic E-state index is 6.06. The molecule has 1 aliphatic carbocycles. The highest BCUT2D eigenvalue weighted by atomic mass is 16.5. The minimum absolute atomic E-state index is 0.0274. The Morgan fingerprint density at radius 1 is 1.41 bits per heavy atom. The van der Waals surface area contributed by atoms with Crippen molar-refractivity contribution in [2.45, 2.75) is 44.2 Å². The fourth-order valence-corrected chi connectivity index (χ4v) is 2.33. The molecule has 0 saturated heterocycles. The molecule has 0 aromatic heterocycles. The lowest BCUT2D eigenvalue weighted by atomic mass is 10.0. The summed E-state index contributed by atoms with van der Waals surface area (Å²) >= 11 is 0. The second kappa shape index (κ2) is 5.87.